The molecule has 1 saturated heterocycles. The highest BCUT2D eigenvalue weighted by Gasteiger charge is 2.20. The van der Waals surface area contributed by atoms with Gasteiger partial charge < -0.3 is 10.2 Å². The van der Waals surface area contributed by atoms with Crippen molar-refractivity contribution in [3.05, 3.63) is 34.4 Å². The summed E-state index contributed by atoms with van der Waals surface area (Å²) in [7, 11) is 0. The Balaban J connectivity index is 1.65. The molecule has 0 radical (unpaired) electrons. The Bertz CT molecular complexity index is 435. The van der Waals surface area contributed by atoms with Crippen molar-refractivity contribution in [1.29, 1.82) is 0 Å². The van der Waals surface area contributed by atoms with Crippen LogP contribution < -0.4 is 10.2 Å². The van der Waals surface area contributed by atoms with Gasteiger partial charge in [0, 0.05) is 30.9 Å². The van der Waals surface area contributed by atoms with Gasteiger partial charge in [0.05, 0.1) is 24.6 Å². The van der Waals surface area contributed by atoms with Gasteiger partial charge in [0.1, 0.15) is 6.67 Å². The number of non-ortho nitro benzene ring substituents is 1. The van der Waals surface area contributed by atoms with Crippen molar-refractivity contribution in [2.24, 2.45) is 0 Å². The van der Waals surface area contributed by atoms with Crippen molar-refractivity contribution >= 4 is 11.4 Å². The SMILES string of the molecule is CC[NH+]1CCN(CCCNc2ccc([N+](=O)[O-])cc2)C1. The lowest BCUT2D eigenvalue weighted by atomic mass is 10.3. The Morgan fingerprint density at radius 2 is 2.15 bits per heavy atom. The van der Waals surface area contributed by atoms with E-state index in [-0.39, 0.29) is 10.6 Å². The summed E-state index contributed by atoms with van der Waals surface area (Å²) in [6, 6.07) is 6.59. The van der Waals surface area contributed by atoms with E-state index in [9.17, 15) is 10.1 Å². The zero-order valence-corrected chi connectivity index (χ0v) is 12.0. The van der Waals surface area contributed by atoms with Crippen molar-refractivity contribution in [3.63, 3.8) is 0 Å². The summed E-state index contributed by atoms with van der Waals surface area (Å²) < 4.78 is 0. The van der Waals surface area contributed by atoms with E-state index in [4.69, 9.17) is 0 Å². The number of nitro groups is 1. The number of hydrogen-bond donors (Lipinski definition) is 2. The van der Waals surface area contributed by atoms with Gasteiger partial charge in [-0.15, -0.1) is 0 Å². The second-order valence-corrected chi connectivity index (χ2v) is 5.21. The zero-order valence-electron chi connectivity index (χ0n) is 12.0. The molecule has 2 N–H and O–H groups in total. The Morgan fingerprint density at radius 3 is 2.75 bits per heavy atom. The number of quaternary nitrogens is 1. The summed E-state index contributed by atoms with van der Waals surface area (Å²) in [6.45, 7) is 9.06. The van der Waals surface area contributed by atoms with E-state index in [1.807, 2.05) is 0 Å². The summed E-state index contributed by atoms with van der Waals surface area (Å²) in [5.41, 5.74) is 1.08. The molecule has 1 aromatic rings. The largest absolute Gasteiger partial charge is 0.385 e. The third kappa shape index (κ3) is 4.18. The van der Waals surface area contributed by atoms with E-state index in [0.717, 1.165) is 31.9 Å². The van der Waals surface area contributed by atoms with Crippen LogP contribution in [0.2, 0.25) is 0 Å². The first-order chi connectivity index (χ1) is 9.69. The van der Waals surface area contributed by atoms with E-state index in [1.165, 1.54) is 31.8 Å². The van der Waals surface area contributed by atoms with Crippen LogP contribution in [-0.2, 0) is 0 Å². The van der Waals surface area contributed by atoms with E-state index in [0.29, 0.717) is 0 Å². The van der Waals surface area contributed by atoms with Crippen LogP contribution in [-0.4, -0.2) is 49.2 Å². The first kappa shape index (κ1) is 14.7. The fourth-order valence-electron chi connectivity index (χ4n) is 2.51. The standard InChI is InChI=1S/C14H22N4O2/c1-2-16-10-11-17(12-16)9-3-8-15-13-4-6-14(7-5-13)18(19)20/h4-7,15H,2-3,8-12H2,1H3/p+1. The highest BCUT2D eigenvalue weighted by molar-refractivity contribution is 5.48. The lowest BCUT2D eigenvalue weighted by molar-refractivity contribution is -0.889. The zero-order chi connectivity index (χ0) is 14.4. The molecule has 1 aliphatic rings. The summed E-state index contributed by atoms with van der Waals surface area (Å²) in [5.74, 6) is 0. The average Bonchev–Trinajstić information content (AvgIpc) is 2.92. The van der Waals surface area contributed by atoms with Crippen molar-refractivity contribution in [3.8, 4) is 0 Å². The normalized spacial score (nSPS) is 19.1. The minimum Gasteiger partial charge on any atom is -0.385 e. The van der Waals surface area contributed by atoms with Gasteiger partial charge in [0.25, 0.3) is 5.69 Å². The van der Waals surface area contributed by atoms with Crippen LogP contribution >= 0.6 is 0 Å². The molecule has 20 heavy (non-hydrogen) atoms. The third-order valence-corrected chi connectivity index (χ3v) is 3.79. The highest BCUT2D eigenvalue weighted by Crippen LogP contribution is 2.15. The van der Waals surface area contributed by atoms with Crippen LogP contribution in [0.4, 0.5) is 11.4 Å². The van der Waals surface area contributed by atoms with Crippen LogP contribution in [0.1, 0.15) is 13.3 Å². The summed E-state index contributed by atoms with van der Waals surface area (Å²) >= 11 is 0. The molecular weight excluding hydrogens is 256 g/mol. The smallest absolute Gasteiger partial charge is 0.269 e. The number of benzene rings is 1. The van der Waals surface area contributed by atoms with Gasteiger partial charge in [-0.2, -0.15) is 0 Å². The van der Waals surface area contributed by atoms with Crippen LogP contribution in [0.25, 0.3) is 0 Å². The molecule has 1 aliphatic heterocycles. The molecule has 0 saturated carbocycles. The fourth-order valence-corrected chi connectivity index (χ4v) is 2.51. The molecule has 1 heterocycles. The van der Waals surface area contributed by atoms with Gasteiger partial charge >= 0.3 is 0 Å². The molecule has 0 aromatic heterocycles. The maximum absolute atomic E-state index is 10.5. The Hall–Kier alpha value is -1.66. The van der Waals surface area contributed by atoms with Gasteiger partial charge in [-0.1, -0.05) is 0 Å². The molecule has 6 nitrogen and oxygen atoms in total. The summed E-state index contributed by atoms with van der Waals surface area (Å²) in [5, 5.41) is 13.9. The highest BCUT2D eigenvalue weighted by atomic mass is 16.6. The Kier molecular flexibility index (Phi) is 5.31. The maximum Gasteiger partial charge on any atom is 0.269 e. The molecular formula is C14H23N4O2+. The number of nitro benzene ring substituents is 1. The average molecular weight is 279 g/mol. The van der Waals surface area contributed by atoms with Gasteiger partial charge in [0.2, 0.25) is 0 Å². The molecule has 0 aliphatic carbocycles. The molecule has 110 valence electrons. The van der Waals surface area contributed by atoms with Crippen LogP contribution in [0, 0.1) is 10.1 Å². The Labute approximate surface area is 119 Å². The van der Waals surface area contributed by atoms with Crippen LogP contribution in [0.5, 0.6) is 0 Å². The van der Waals surface area contributed by atoms with Crippen molar-refractivity contribution < 1.29 is 9.82 Å². The van der Waals surface area contributed by atoms with E-state index >= 15 is 0 Å². The number of anilines is 1. The van der Waals surface area contributed by atoms with Crippen LogP contribution in [0.15, 0.2) is 24.3 Å². The Morgan fingerprint density at radius 1 is 1.40 bits per heavy atom. The molecule has 0 spiro atoms. The molecule has 0 bridgehead atoms. The van der Waals surface area contributed by atoms with Crippen molar-refractivity contribution in [2.45, 2.75) is 13.3 Å². The topological polar surface area (TPSA) is 62.8 Å². The van der Waals surface area contributed by atoms with Gasteiger partial charge in [-0.05, 0) is 25.5 Å². The minimum atomic E-state index is -0.376. The monoisotopic (exact) mass is 279 g/mol. The lowest BCUT2D eigenvalue weighted by Crippen LogP contribution is -3.10. The minimum absolute atomic E-state index is 0.134. The van der Waals surface area contributed by atoms with E-state index in [1.54, 1.807) is 17.0 Å². The third-order valence-electron chi connectivity index (χ3n) is 3.79. The molecule has 1 unspecified atom stereocenters. The fraction of sp³-hybridized carbons (Fsp3) is 0.571. The number of rotatable bonds is 7. The molecule has 1 fully saturated rings. The number of nitrogens with one attached hydrogen (secondary N) is 2. The van der Waals surface area contributed by atoms with Crippen molar-refractivity contribution in [2.75, 3.05) is 44.7 Å². The number of hydrogen-bond acceptors (Lipinski definition) is 4. The van der Waals surface area contributed by atoms with Gasteiger partial charge in [0.15, 0.2) is 0 Å². The molecule has 0 amide bonds. The molecule has 6 heteroatoms. The number of likely N-dealkylation sites (N-methyl/N-ethyl adjacent to an activating group) is 1. The predicted octanol–water partition coefficient (Wildman–Crippen LogP) is 0.575. The van der Waals surface area contributed by atoms with E-state index < -0.39 is 0 Å². The molecule has 1 atom stereocenters. The first-order valence-corrected chi connectivity index (χ1v) is 7.23. The second-order valence-electron chi connectivity index (χ2n) is 5.21. The molecule has 1 aromatic carbocycles. The van der Waals surface area contributed by atoms with E-state index in [2.05, 4.69) is 17.1 Å². The van der Waals surface area contributed by atoms with Crippen molar-refractivity contribution in [1.82, 2.24) is 4.90 Å². The van der Waals surface area contributed by atoms with Gasteiger partial charge in [-0.25, -0.2) is 0 Å². The van der Waals surface area contributed by atoms with Crippen LogP contribution in [0.3, 0.4) is 0 Å². The molecule has 2 rings (SSSR count). The predicted molar refractivity (Wildman–Crippen MR) is 79.0 cm³/mol. The van der Waals surface area contributed by atoms with Gasteiger partial charge in [-0.3, -0.25) is 15.0 Å². The quantitative estimate of drug-likeness (QED) is 0.435. The maximum atomic E-state index is 10.5. The lowest BCUT2D eigenvalue weighted by Gasteiger charge is -2.14. The second kappa shape index (κ2) is 7.21. The first-order valence-electron chi connectivity index (χ1n) is 7.23. The summed E-state index contributed by atoms with van der Waals surface area (Å²) in [4.78, 5) is 14.3. The number of nitrogens with zero attached hydrogens (tertiary/aromatic N) is 2. The summed E-state index contributed by atoms with van der Waals surface area (Å²) in [6.07, 6.45) is 1.09.